The van der Waals surface area contributed by atoms with Crippen LogP contribution < -0.4 is 11.3 Å². The first-order valence-corrected chi connectivity index (χ1v) is 8.39. The Bertz CT molecular complexity index is 787. The van der Waals surface area contributed by atoms with Crippen molar-refractivity contribution in [3.63, 3.8) is 0 Å². The predicted octanol–water partition coefficient (Wildman–Crippen LogP) is -0.204. The molecule has 3 rings (SSSR count). The van der Waals surface area contributed by atoms with Gasteiger partial charge in [-0.15, -0.1) is 0 Å². The molecule has 2 aromatic rings. The molecule has 0 aromatic carbocycles. The number of rotatable bonds is 4. The Kier molecular flexibility index (Phi) is 8.85. The molecule has 27 heavy (non-hydrogen) atoms. The van der Waals surface area contributed by atoms with E-state index in [1.165, 1.54) is 6.33 Å². The van der Waals surface area contributed by atoms with Crippen LogP contribution in [0.5, 0.6) is 0 Å². The van der Waals surface area contributed by atoms with Gasteiger partial charge < -0.3 is 25.4 Å². The van der Waals surface area contributed by atoms with Crippen LogP contribution in [0.1, 0.15) is 32.9 Å². The summed E-state index contributed by atoms with van der Waals surface area (Å²) in [6, 6.07) is 0. The second-order valence-electron chi connectivity index (χ2n) is 5.85. The van der Waals surface area contributed by atoms with Gasteiger partial charge in [-0.3, -0.25) is 19.1 Å². The normalized spacial score (nSPS) is 18.5. The van der Waals surface area contributed by atoms with Gasteiger partial charge in [-0.1, -0.05) is 13.8 Å². The molecule has 2 aromatic heterocycles. The minimum atomic E-state index is -0.383. The Morgan fingerprint density at radius 3 is 2.70 bits per heavy atom. The van der Waals surface area contributed by atoms with Crippen molar-refractivity contribution in [2.75, 3.05) is 26.6 Å². The number of carbonyl (C=O) groups is 1. The number of fused-ring (bicyclic) bond motifs is 1. The van der Waals surface area contributed by atoms with E-state index in [2.05, 4.69) is 15.0 Å². The van der Waals surface area contributed by atoms with Crippen molar-refractivity contribution in [2.45, 2.75) is 39.0 Å². The molecule has 0 spiro atoms. The molecule has 0 radical (unpaired) electrons. The number of H-pyrrole nitrogens is 1. The first-order valence-electron chi connectivity index (χ1n) is 8.39. The first-order chi connectivity index (χ1) is 13.0. The van der Waals surface area contributed by atoms with E-state index in [1.807, 2.05) is 0 Å². The molecule has 11 heteroatoms. The number of aromatic amines is 1. The number of anilines is 1. The summed E-state index contributed by atoms with van der Waals surface area (Å²) in [4.78, 5) is 33.9. The van der Waals surface area contributed by atoms with Gasteiger partial charge in [0.15, 0.2) is 11.2 Å². The third-order valence-corrected chi connectivity index (χ3v) is 3.73. The van der Waals surface area contributed by atoms with Crippen LogP contribution in [0.2, 0.25) is 0 Å². The summed E-state index contributed by atoms with van der Waals surface area (Å²) >= 11 is 0. The Morgan fingerprint density at radius 2 is 2.07 bits per heavy atom. The Labute approximate surface area is 156 Å². The fourth-order valence-corrected chi connectivity index (χ4v) is 2.51. The highest BCUT2D eigenvalue weighted by molar-refractivity contribution is 5.71. The molecule has 2 atom stereocenters. The van der Waals surface area contributed by atoms with Gasteiger partial charge in [-0.2, -0.15) is 4.98 Å². The Morgan fingerprint density at radius 1 is 1.41 bits per heavy atom. The summed E-state index contributed by atoms with van der Waals surface area (Å²) in [7, 11) is 2.00. The molecule has 1 aliphatic heterocycles. The number of aliphatic hydroxyl groups is 2. The van der Waals surface area contributed by atoms with Crippen molar-refractivity contribution in [3.05, 3.63) is 16.7 Å². The lowest BCUT2D eigenvalue weighted by Gasteiger charge is -2.16. The number of hydrogen-bond acceptors (Lipinski definition) is 9. The minimum Gasteiger partial charge on any atom is -0.463 e. The van der Waals surface area contributed by atoms with Crippen molar-refractivity contribution < 1.29 is 24.5 Å². The van der Waals surface area contributed by atoms with E-state index in [9.17, 15) is 9.59 Å². The van der Waals surface area contributed by atoms with Gasteiger partial charge in [0.1, 0.15) is 12.8 Å². The highest BCUT2D eigenvalue weighted by Gasteiger charge is 2.29. The number of carbonyl (C=O) groups excluding carboxylic acids is 1. The minimum absolute atomic E-state index is 0.0321. The second kappa shape index (κ2) is 10.6. The Hall–Kier alpha value is -2.50. The fourth-order valence-electron chi connectivity index (χ4n) is 2.51. The van der Waals surface area contributed by atoms with Crippen LogP contribution in [-0.2, 0) is 14.3 Å². The highest BCUT2D eigenvalue weighted by Crippen LogP contribution is 2.30. The lowest BCUT2D eigenvalue weighted by Crippen LogP contribution is -2.21. The molecule has 1 aliphatic rings. The van der Waals surface area contributed by atoms with Gasteiger partial charge in [0.05, 0.1) is 18.3 Å². The monoisotopic (exact) mass is 385 g/mol. The van der Waals surface area contributed by atoms with Crippen LogP contribution in [0.25, 0.3) is 11.2 Å². The predicted molar refractivity (Wildman–Crippen MR) is 97.8 cm³/mol. The lowest BCUT2D eigenvalue weighted by atomic mass is 10.2. The number of esters is 1. The molecule has 11 nitrogen and oxygen atoms in total. The molecule has 2 unspecified atom stereocenters. The van der Waals surface area contributed by atoms with Crippen LogP contribution in [0, 0.1) is 5.92 Å². The first kappa shape index (κ1) is 22.5. The summed E-state index contributed by atoms with van der Waals surface area (Å²) in [5.41, 5.74) is 5.80. The quantitative estimate of drug-likeness (QED) is 0.521. The number of ether oxygens (including phenoxy) is 2. The van der Waals surface area contributed by atoms with E-state index in [-0.39, 0.29) is 47.9 Å². The number of aromatic nitrogens is 4. The third-order valence-electron chi connectivity index (χ3n) is 3.73. The number of nitrogens with one attached hydrogen (secondary N) is 1. The molecule has 1 saturated heterocycles. The summed E-state index contributed by atoms with van der Waals surface area (Å²) in [5.74, 6) is -0.376. The zero-order valence-electron chi connectivity index (χ0n) is 15.9. The molecule has 5 N–H and O–H groups in total. The molecular weight excluding hydrogens is 358 g/mol. The standard InChI is InChI=1S/C14H19N5O4.2CH4O/c1-7(2)13(21)22-5-8-3-4-9(23-8)19-6-16-10-11(19)17-14(15)18-12(10)20;2*1-2/h6-9H,3-5H2,1-2H3,(H3,15,17,18,20);2*2H,1H3. The second-order valence-corrected chi connectivity index (χ2v) is 5.85. The summed E-state index contributed by atoms with van der Waals surface area (Å²) in [6.45, 7) is 3.79. The van der Waals surface area contributed by atoms with E-state index in [0.29, 0.717) is 12.1 Å². The van der Waals surface area contributed by atoms with Crippen molar-refractivity contribution in [3.8, 4) is 0 Å². The molecule has 1 fully saturated rings. The zero-order chi connectivity index (χ0) is 20.6. The molecule has 0 amide bonds. The smallest absolute Gasteiger partial charge is 0.308 e. The number of aliphatic hydroxyl groups excluding tert-OH is 2. The van der Waals surface area contributed by atoms with Crippen LogP contribution in [-0.4, -0.2) is 62.6 Å². The van der Waals surface area contributed by atoms with E-state index < -0.39 is 0 Å². The van der Waals surface area contributed by atoms with E-state index in [1.54, 1.807) is 18.4 Å². The van der Waals surface area contributed by atoms with E-state index >= 15 is 0 Å². The molecule has 3 heterocycles. The summed E-state index contributed by atoms with van der Waals surface area (Å²) in [6.07, 6.45) is 2.48. The van der Waals surface area contributed by atoms with Crippen molar-refractivity contribution in [1.29, 1.82) is 0 Å². The summed E-state index contributed by atoms with van der Waals surface area (Å²) in [5, 5.41) is 14.0. The number of nitrogens with two attached hydrogens (primary N) is 1. The maximum atomic E-state index is 11.8. The topological polar surface area (TPSA) is 166 Å². The molecule has 0 bridgehead atoms. The third kappa shape index (κ3) is 5.49. The molecule has 152 valence electrons. The van der Waals surface area contributed by atoms with Crippen LogP contribution in [0.4, 0.5) is 5.95 Å². The van der Waals surface area contributed by atoms with Gasteiger partial charge in [-0.25, -0.2) is 4.98 Å². The summed E-state index contributed by atoms with van der Waals surface area (Å²) < 4.78 is 12.8. The molecule has 0 saturated carbocycles. The van der Waals surface area contributed by atoms with Crippen molar-refractivity contribution >= 4 is 23.1 Å². The molecule has 0 aliphatic carbocycles. The van der Waals surface area contributed by atoms with Gasteiger partial charge in [0.2, 0.25) is 5.95 Å². The maximum Gasteiger partial charge on any atom is 0.308 e. The van der Waals surface area contributed by atoms with Crippen LogP contribution in [0.3, 0.4) is 0 Å². The SMILES string of the molecule is CC(C)C(=O)OCC1CCC(n2cnc3c(=O)[nH]c(N)nc32)O1.CO.CO. The zero-order valence-corrected chi connectivity index (χ0v) is 15.9. The lowest BCUT2D eigenvalue weighted by molar-refractivity contribution is -0.152. The fraction of sp³-hybridized carbons (Fsp3) is 0.625. The maximum absolute atomic E-state index is 11.8. The molecular formula is C16H27N5O6. The average Bonchev–Trinajstić information content (AvgIpc) is 3.29. The van der Waals surface area contributed by atoms with Gasteiger partial charge in [0.25, 0.3) is 5.56 Å². The van der Waals surface area contributed by atoms with Crippen LogP contribution >= 0.6 is 0 Å². The number of nitrogens with zero attached hydrogens (tertiary/aromatic N) is 3. The van der Waals surface area contributed by atoms with Gasteiger partial charge in [-0.05, 0) is 12.8 Å². The number of hydrogen-bond donors (Lipinski definition) is 4. The number of imidazole rings is 1. The van der Waals surface area contributed by atoms with Crippen LogP contribution in [0.15, 0.2) is 11.1 Å². The van der Waals surface area contributed by atoms with Crippen molar-refractivity contribution in [2.24, 2.45) is 5.92 Å². The van der Waals surface area contributed by atoms with E-state index in [4.69, 9.17) is 25.4 Å². The largest absolute Gasteiger partial charge is 0.463 e. The van der Waals surface area contributed by atoms with E-state index in [0.717, 1.165) is 20.6 Å². The Balaban J connectivity index is 0.000000855. The highest BCUT2D eigenvalue weighted by atomic mass is 16.6. The average molecular weight is 385 g/mol. The number of nitrogen functional groups attached to an aromatic ring is 1. The van der Waals surface area contributed by atoms with Gasteiger partial charge >= 0.3 is 5.97 Å². The van der Waals surface area contributed by atoms with Crippen molar-refractivity contribution in [1.82, 2.24) is 19.5 Å². The van der Waals surface area contributed by atoms with Gasteiger partial charge in [0, 0.05) is 14.2 Å².